The quantitative estimate of drug-likeness (QED) is 0.191. The number of amides is 1. The van der Waals surface area contributed by atoms with E-state index < -0.39 is 0 Å². The Hall–Kier alpha value is -0.730. The summed E-state index contributed by atoms with van der Waals surface area (Å²) < 4.78 is 5.57. The van der Waals surface area contributed by atoms with Crippen molar-refractivity contribution in [2.45, 2.75) is 40.3 Å². The molecule has 0 aliphatic carbocycles. The average molecular weight is 333 g/mol. The Bertz CT molecular complexity index is 288. The summed E-state index contributed by atoms with van der Waals surface area (Å²) in [4.78, 5) is 13.4. The predicted molar refractivity (Wildman–Crippen MR) is 94.2 cm³/mol. The highest BCUT2D eigenvalue weighted by atomic mass is 16.5. The van der Waals surface area contributed by atoms with Crippen LogP contribution in [0.3, 0.4) is 0 Å². The Morgan fingerprint density at radius 3 is 2.48 bits per heavy atom. The topological polar surface area (TPSA) is 78.9 Å². The summed E-state index contributed by atoms with van der Waals surface area (Å²) in [5.41, 5.74) is 0. The van der Waals surface area contributed by atoms with Crippen molar-refractivity contribution in [3.63, 3.8) is 0 Å². The fraction of sp³-hybridized carbons (Fsp3) is 0.938. The third-order valence-corrected chi connectivity index (χ3v) is 3.88. The highest BCUT2D eigenvalue weighted by molar-refractivity contribution is 5.78. The summed E-state index contributed by atoms with van der Waals surface area (Å²) in [5.74, 6) is -0.0859. The molecule has 0 saturated carbocycles. The highest BCUT2D eigenvalue weighted by Gasteiger charge is 2.14. The van der Waals surface area contributed by atoms with E-state index in [-0.39, 0.29) is 18.0 Å². The molecule has 0 radical (unpaired) electrons. The number of quaternary nitrogens is 1. The molecule has 5 N–H and O–H groups in total. The standard InChI is InChI=1S/C16H37N5O2/c1-6-9-18-10-15(17-5)20-13-23-11-14(4)16(22)19-12-21(7-2)8-3/h14-15,17-18,20H,6-13H2,1-5H3,(H,19,22)/p+1. The first-order valence-electron chi connectivity index (χ1n) is 8.89. The van der Waals surface area contributed by atoms with Crippen LogP contribution in [0.2, 0.25) is 0 Å². The third-order valence-electron chi connectivity index (χ3n) is 3.88. The number of carbonyl (C=O) groups excluding carboxylic acids is 1. The normalized spacial score (nSPS) is 14.0. The molecule has 2 atom stereocenters. The maximum atomic E-state index is 12.0. The van der Waals surface area contributed by atoms with Crippen LogP contribution in [0.15, 0.2) is 0 Å². The van der Waals surface area contributed by atoms with Gasteiger partial charge in [0.25, 0.3) is 0 Å². The Kier molecular flexibility index (Phi) is 14.4. The van der Waals surface area contributed by atoms with Crippen molar-refractivity contribution in [3.05, 3.63) is 0 Å². The summed E-state index contributed by atoms with van der Waals surface area (Å²) in [5, 5.41) is 12.8. The zero-order chi connectivity index (χ0) is 17.5. The van der Waals surface area contributed by atoms with Gasteiger partial charge in [0.2, 0.25) is 5.91 Å². The van der Waals surface area contributed by atoms with E-state index in [0.717, 1.165) is 32.6 Å². The minimum Gasteiger partial charge on any atom is -0.365 e. The largest absolute Gasteiger partial charge is 0.365 e. The Morgan fingerprint density at radius 1 is 1.22 bits per heavy atom. The molecule has 0 aromatic heterocycles. The van der Waals surface area contributed by atoms with Crippen molar-refractivity contribution >= 4 is 5.91 Å². The molecule has 0 rings (SSSR count). The number of carbonyl (C=O) groups is 1. The van der Waals surface area contributed by atoms with Crippen LogP contribution in [0.5, 0.6) is 0 Å². The van der Waals surface area contributed by atoms with Crippen molar-refractivity contribution in [2.24, 2.45) is 5.92 Å². The van der Waals surface area contributed by atoms with Gasteiger partial charge < -0.3 is 25.6 Å². The van der Waals surface area contributed by atoms with Gasteiger partial charge in [-0.25, -0.2) is 0 Å². The molecular formula is C16H38N5O2+. The van der Waals surface area contributed by atoms with Gasteiger partial charge in [-0.3, -0.25) is 10.1 Å². The fourth-order valence-electron chi connectivity index (χ4n) is 2.06. The SMILES string of the molecule is CCCNCC(NC)NCOCC(C)C(=O)NC[NH+](CC)CC. The van der Waals surface area contributed by atoms with Gasteiger partial charge in [-0.2, -0.15) is 0 Å². The second kappa shape index (κ2) is 14.8. The van der Waals surface area contributed by atoms with Gasteiger partial charge in [0.1, 0.15) is 0 Å². The molecule has 1 amide bonds. The van der Waals surface area contributed by atoms with E-state index >= 15 is 0 Å². The van der Waals surface area contributed by atoms with Gasteiger partial charge in [-0.15, -0.1) is 0 Å². The second-order valence-electron chi connectivity index (χ2n) is 5.84. The second-order valence-corrected chi connectivity index (χ2v) is 5.84. The number of hydrogen-bond donors (Lipinski definition) is 5. The van der Waals surface area contributed by atoms with Crippen molar-refractivity contribution in [1.82, 2.24) is 21.3 Å². The molecule has 138 valence electrons. The van der Waals surface area contributed by atoms with E-state index in [2.05, 4.69) is 42.0 Å². The summed E-state index contributed by atoms with van der Waals surface area (Å²) >= 11 is 0. The summed E-state index contributed by atoms with van der Waals surface area (Å²) in [6, 6.07) is 0. The van der Waals surface area contributed by atoms with Crippen molar-refractivity contribution in [2.75, 3.05) is 53.2 Å². The maximum Gasteiger partial charge on any atom is 0.229 e. The summed E-state index contributed by atoms with van der Waals surface area (Å²) in [6.07, 6.45) is 1.28. The first kappa shape index (κ1) is 22.3. The molecule has 0 bridgehead atoms. The molecule has 0 saturated heterocycles. The van der Waals surface area contributed by atoms with Crippen LogP contribution >= 0.6 is 0 Å². The molecule has 0 heterocycles. The zero-order valence-electron chi connectivity index (χ0n) is 15.6. The number of rotatable bonds is 15. The lowest BCUT2D eigenvalue weighted by Gasteiger charge is -2.20. The number of nitrogens with one attached hydrogen (secondary N) is 5. The number of likely N-dealkylation sites (N-methyl/N-ethyl adjacent to an activating group) is 1. The van der Waals surface area contributed by atoms with Crippen LogP contribution in [-0.2, 0) is 9.53 Å². The van der Waals surface area contributed by atoms with Crippen LogP contribution in [0.25, 0.3) is 0 Å². The first-order valence-corrected chi connectivity index (χ1v) is 8.89. The van der Waals surface area contributed by atoms with Crippen molar-refractivity contribution in [3.8, 4) is 0 Å². The summed E-state index contributed by atoms with van der Waals surface area (Å²) in [6.45, 7) is 13.7. The Balaban J connectivity index is 3.78. The Labute approximate surface area is 141 Å². The van der Waals surface area contributed by atoms with Gasteiger partial charge >= 0.3 is 0 Å². The molecule has 0 fully saturated rings. The monoisotopic (exact) mass is 332 g/mol. The first-order chi connectivity index (χ1) is 11.1. The molecule has 2 unspecified atom stereocenters. The lowest BCUT2D eigenvalue weighted by molar-refractivity contribution is -0.898. The highest BCUT2D eigenvalue weighted by Crippen LogP contribution is 1.94. The van der Waals surface area contributed by atoms with E-state index in [1.54, 1.807) is 0 Å². The molecular weight excluding hydrogens is 294 g/mol. The van der Waals surface area contributed by atoms with Gasteiger partial charge in [0, 0.05) is 6.54 Å². The van der Waals surface area contributed by atoms with E-state index in [1.165, 1.54) is 4.90 Å². The molecule has 0 aromatic rings. The smallest absolute Gasteiger partial charge is 0.229 e. The number of hydrogen-bond acceptors (Lipinski definition) is 5. The molecule has 0 aliphatic heterocycles. The molecule has 0 aromatic carbocycles. The molecule has 7 nitrogen and oxygen atoms in total. The zero-order valence-corrected chi connectivity index (χ0v) is 15.6. The molecule has 0 spiro atoms. The molecule has 7 heteroatoms. The van der Waals surface area contributed by atoms with Gasteiger partial charge in [-0.05, 0) is 33.9 Å². The Morgan fingerprint density at radius 2 is 1.91 bits per heavy atom. The fourth-order valence-corrected chi connectivity index (χ4v) is 2.06. The summed E-state index contributed by atoms with van der Waals surface area (Å²) in [7, 11) is 1.91. The molecule has 0 aliphatic rings. The van der Waals surface area contributed by atoms with Crippen LogP contribution in [-0.4, -0.2) is 65.3 Å². The van der Waals surface area contributed by atoms with Crippen molar-refractivity contribution < 1.29 is 14.4 Å². The van der Waals surface area contributed by atoms with E-state index in [1.807, 2.05) is 14.0 Å². The molecule has 23 heavy (non-hydrogen) atoms. The van der Waals surface area contributed by atoms with Crippen LogP contribution in [0, 0.1) is 5.92 Å². The lowest BCUT2D eigenvalue weighted by Crippen LogP contribution is -3.13. The van der Waals surface area contributed by atoms with Gasteiger partial charge in [-0.1, -0.05) is 13.8 Å². The van der Waals surface area contributed by atoms with E-state index in [9.17, 15) is 4.79 Å². The lowest BCUT2D eigenvalue weighted by atomic mass is 10.2. The van der Waals surface area contributed by atoms with Crippen LogP contribution in [0.1, 0.15) is 34.1 Å². The van der Waals surface area contributed by atoms with Crippen LogP contribution in [0.4, 0.5) is 0 Å². The van der Waals surface area contributed by atoms with E-state index in [4.69, 9.17) is 4.74 Å². The predicted octanol–water partition coefficient (Wildman–Crippen LogP) is -1.27. The van der Waals surface area contributed by atoms with Crippen molar-refractivity contribution in [1.29, 1.82) is 0 Å². The van der Waals surface area contributed by atoms with E-state index in [0.29, 0.717) is 20.0 Å². The average Bonchev–Trinajstić information content (AvgIpc) is 2.57. The third kappa shape index (κ3) is 11.4. The minimum atomic E-state index is -0.141. The van der Waals surface area contributed by atoms with Gasteiger partial charge in [0.05, 0.1) is 38.5 Å². The maximum absolute atomic E-state index is 12.0. The number of ether oxygens (including phenoxy) is 1. The minimum absolute atomic E-state index is 0.0548. The van der Waals surface area contributed by atoms with Crippen LogP contribution < -0.4 is 26.2 Å². The van der Waals surface area contributed by atoms with Gasteiger partial charge in [0.15, 0.2) is 6.67 Å².